The van der Waals surface area contributed by atoms with Crippen molar-refractivity contribution in [2.75, 3.05) is 33.9 Å². The Morgan fingerprint density at radius 3 is 2.24 bits per heavy atom. The van der Waals surface area contributed by atoms with Crippen molar-refractivity contribution in [1.82, 2.24) is 16.2 Å². The molecule has 0 spiro atoms. The van der Waals surface area contributed by atoms with E-state index in [4.69, 9.17) is 9.47 Å². The number of methoxy groups -OCH3 is 2. The molecule has 134 valence electrons. The lowest BCUT2D eigenvalue weighted by Crippen LogP contribution is -2.29. The molecule has 0 aromatic heterocycles. The number of hydrogen-bond acceptors (Lipinski definition) is 5. The Balaban J connectivity index is 1.46. The van der Waals surface area contributed by atoms with Gasteiger partial charge in [-0.3, -0.25) is 5.43 Å². The van der Waals surface area contributed by atoms with Crippen LogP contribution in [0.2, 0.25) is 0 Å². The number of hydrogen-bond donors (Lipinski definition) is 3. The molecule has 0 aliphatic carbocycles. The molecule has 3 rings (SSSR count). The third-order valence-electron chi connectivity index (χ3n) is 4.72. The molecule has 2 aromatic rings. The van der Waals surface area contributed by atoms with Crippen molar-refractivity contribution < 1.29 is 9.47 Å². The van der Waals surface area contributed by atoms with E-state index >= 15 is 0 Å². The van der Waals surface area contributed by atoms with Gasteiger partial charge in [0, 0.05) is 19.0 Å². The summed E-state index contributed by atoms with van der Waals surface area (Å²) in [7, 11) is 3.39. The fourth-order valence-electron chi connectivity index (χ4n) is 3.20. The Kier molecular flexibility index (Phi) is 6.28. The first-order valence-electron chi connectivity index (χ1n) is 8.76. The summed E-state index contributed by atoms with van der Waals surface area (Å²) in [5.41, 5.74) is 9.28. The summed E-state index contributed by atoms with van der Waals surface area (Å²) in [4.78, 5) is 0. The predicted molar refractivity (Wildman–Crippen MR) is 99.9 cm³/mol. The van der Waals surface area contributed by atoms with Gasteiger partial charge in [0.05, 0.1) is 20.3 Å². The van der Waals surface area contributed by atoms with E-state index in [1.165, 1.54) is 11.1 Å². The minimum Gasteiger partial charge on any atom is -0.497 e. The molecule has 5 nitrogen and oxygen atoms in total. The molecule has 0 bridgehead atoms. The topological polar surface area (TPSA) is 54.5 Å². The molecule has 2 unspecified atom stereocenters. The van der Waals surface area contributed by atoms with E-state index in [1.54, 1.807) is 14.2 Å². The van der Waals surface area contributed by atoms with Gasteiger partial charge >= 0.3 is 0 Å². The number of nitrogens with one attached hydrogen (secondary N) is 3. The van der Waals surface area contributed by atoms with Gasteiger partial charge in [-0.25, -0.2) is 5.43 Å². The highest BCUT2D eigenvalue weighted by Gasteiger charge is 2.27. The molecule has 2 aromatic carbocycles. The summed E-state index contributed by atoms with van der Waals surface area (Å²) < 4.78 is 10.4. The van der Waals surface area contributed by atoms with Crippen molar-refractivity contribution >= 4 is 0 Å². The summed E-state index contributed by atoms with van der Waals surface area (Å²) in [6, 6.07) is 16.9. The first-order chi connectivity index (χ1) is 12.3. The van der Waals surface area contributed by atoms with Crippen LogP contribution < -0.4 is 25.6 Å². The van der Waals surface area contributed by atoms with E-state index in [9.17, 15) is 0 Å². The summed E-state index contributed by atoms with van der Waals surface area (Å²) in [5.74, 6) is 2.32. The number of benzene rings is 2. The van der Waals surface area contributed by atoms with Gasteiger partial charge < -0.3 is 14.8 Å². The second-order valence-electron chi connectivity index (χ2n) is 6.34. The van der Waals surface area contributed by atoms with E-state index in [-0.39, 0.29) is 0 Å². The Bertz CT molecular complexity index is 643. The molecule has 5 heteroatoms. The van der Waals surface area contributed by atoms with Gasteiger partial charge in [-0.2, -0.15) is 0 Å². The third-order valence-corrected chi connectivity index (χ3v) is 4.72. The molecule has 0 radical (unpaired) electrons. The molecule has 1 aliphatic heterocycles. The molecule has 1 fully saturated rings. The van der Waals surface area contributed by atoms with Crippen molar-refractivity contribution in [3.8, 4) is 11.5 Å². The average Bonchev–Trinajstić information content (AvgIpc) is 3.14. The van der Waals surface area contributed by atoms with Gasteiger partial charge in [-0.15, -0.1) is 0 Å². The second-order valence-corrected chi connectivity index (χ2v) is 6.34. The highest BCUT2D eigenvalue weighted by Crippen LogP contribution is 2.26. The maximum absolute atomic E-state index is 5.24. The molecule has 1 aliphatic rings. The van der Waals surface area contributed by atoms with Crippen LogP contribution in [-0.2, 0) is 6.42 Å². The maximum atomic E-state index is 5.24. The summed E-state index contributed by atoms with van der Waals surface area (Å²) in [6.07, 6.45) is 1.02. The fourth-order valence-corrected chi connectivity index (χ4v) is 3.20. The van der Waals surface area contributed by atoms with Crippen LogP contribution in [0.5, 0.6) is 11.5 Å². The van der Waals surface area contributed by atoms with Crippen molar-refractivity contribution in [1.29, 1.82) is 0 Å². The third kappa shape index (κ3) is 4.72. The van der Waals surface area contributed by atoms with Crippen LogP contribution in [0.25, 0.3) is 0 Å². The van der Waals surface area contributed by atoms with Crippen molar-refractivity contribution in [2.24, 2.45) is 5.92 Å². The van der Waals surface area contributed by atoms with E-state index in [0.29, 0.717) is 12.0 Å². The highest BCUT2D eigenvalue weighted by atomic mass is 16.5. The smallest absolute Gasteiger partial charge is 0.118 e. The van der Waals surface area contributed by atoms with Gasteiger partial charge in [0.2, 0.25) is 0 Å². The molecule has 0 saturated carbocycles. The van der Waals surface area contributed by atoms with Crippen LogP contribution in [0.3, 0.4) is 0 Å². The molecular formula is C20H27N3O2. The number of ether oxygens (including phenoxy) is 2. The standard InChI is InChI=1S/C20H27N3O2/c1-24-18-7-3-15(4-8-18)11-12-21-13-17-14-22-23-20(17)16-5-9-19(25-2)10-6-16/h3-10,17,20-23H,11-14H2,1-2H3. The van der Waals surface area contributed by atoms with E-state index in [2.05, 4.69) is 40.4 Å². The van der Waals surface area contributed by atoms with Crippen LogP contribution in [0, 0.1) is 5.92 Å². The summed E-state index contributed by atoms with van der Waals surface area (Å²) in [5, 5.41) is 3.59. The van der Waals surface area contributed by atoms with Gasteiger partial charge in [0.15, 0.2) is 0 Å². The summed E-state index contributed by atoms with van der Waals surface area (Å²) >= 11 is 0. The maximum Gasteiger partial charge on any atom is 0.118 e. The summed E-state index contributed by atoms with van der Waals surface area (Å²) in [6.45, 7) is 2.91. The van der Waals surface area contributed by atoms with Gasteiger partial charge in [-0.05, 0) is 48.4 Å². The number of hydrazine groups is 1. The quantitative estimate of drug-likeness (QED) is 0.643. The monoisotopic (exact) mass is 341 g/mol. The largest absolute Gasteiger partial charge is 0.497 e. The Hall–Kier alpha value is -2.08. The minimum atomic E-state index is 0.319. The van der Waals surface area contributed by atoms with E-state index in [1.807, 2.05) is 24.3 Å². The molecular weight excluding hydrogens is 314 g/mol. The van der Waals surface area contributed by atoms with Gasteiger partial charge in [-0.1, -0.05) is 24.3 Å². The first-order valence-corrected chi connectivity index (χ1v) is 8.76. The zero-order valence-corrected chi connectivity index (χ0v) is 14.9. The SMILES string of the molecule is COc1ccc(CCNCC2CNNC2c2ccc(OC)cc2)cc1. The van der Waals surface area contributed by atoms with E-state index < -0.39 is 0 Å². The molecule has 1 heterocycles. The minimum absolute atomic E-state index is 0.319. The lowest BCUT2D eigenvalue weighted by molar-refractivity contribution is 0.413. The Labute approximate surface area is 149 Å². The van der Waals surface area contributed by atoms with Crippen LogP contribution in [-0.4, -0.2) is 33.9 Å². The molecule has 3 N–H and O–H groups in total. The van der Waals surface area contributed by atoms with Crippen LogP contribution in [0.15, 0.2) is 48.5 Å². The molecule has 1 saturated heterocycles. The van der Waals surface area contributed by atoms with Crippen molar-refractivity contribution in [3.05, 3.63) is 59.7 Å². The van der Waals surface area contributed by atoms with Crippen LogP contribution in [0.4, 0.5) is 0 Å². The Morgan fingerprint density at radius 1 is 0.960 bits per heavy atom. The van der Waals surface area contributed by atoms with Gasteiger partial charge in [0.1, 0.15) is 11.5 Å². The first kappa shape index (κ1) is 17.7. The molecule has 25 heavy (non-hydrogen) atoms. The number of rotatable bonds is 8. The average molecular weight is 341 g/mol. The lowest BCUT2D eigenvalue weighted by atomic mass is 9.95. The Morgan fingerprint density at radius 2 is 1.60 bits per heavy atom. The zero-order valence-electron chi connectivity index (χ0n) is 14.9. The second kappa shape index (κ2) is 8.85. The predicted octanol–water partition coefficient (Wildman–Crippen LogP) is 2.30. The molecule has 0 amide bonds. The highest BCUT2D eigenvalue weighted by molar-refractivity contribution is 5.30. The van der Waals surface area contributed by atoms with Crippen LogP contribution in [0.1, 0.15) is 17.2 Å². The van der Waals surface area contributed by atoms with Gasteiger partial charge in [0.25, 0.3) is 0 Å². The van der Waals surface area contributed by atoms with Crippen LogP contribution >= 0.6 is 0 Å². The zero-order chi connectivity index (χ0) is 17.5. The normalized spacial score (nSPS) is 19.8. The van der Waals surface area contributed by atoms with Crippen molar-refractivity contribution in [2.45, 2.75) is 12.5 Å². The lowest BCUT2D eigenvalue weighted by Gasteiger charge is -2.19. The molecule has 2 atom stereocenters. The fraction of sp³-hybridized carbons (Fsp3) is 0.400. The van der Waals surface area contributed by atoms with Crippen molar-refractivity contribution in [3.63, 3.8) is 0 Å². The van der Waals surface area contributed by atoms with E-state index in [0.717, 1.165) is 37.6 Å².